The molecular weight excluding hydrogens is 314 g/mol. The third-order valence-corrected chi connectivity index (χ3v) is 4.01. The van der Waals surface area contributed by atoms with Crippen molar-refractivity contribution in [1.29, 1.82) is 0 Å². The monoisotopic (exact) mass is 325 g/mol. The predicted octanol–water partition coefficient (Wildman–Crippen LogP) is 3.83. The largest absolute Gasteiger partial charge is 0.321 e. The van der Waals surface area contributed by atoms with Crippen molar-refractivity contribution in [2.45, 2.75) is 10.1 Å². The molecule has 2 rings (SSSR count). The fraction of sp³-hybridized carbons (Fsp3) is 0.154. The molecule has 0 saturated heterocycles. The molecule has 0 fully saturated rings. The second kappa shape index (κ2) is 6.97. The van der Waals surface area contributed by atoms with Crippen LogP contribution in [0.5, 0.6) is 0 Å². The summed E-state index contributed by atoms with van der Waals surface area (Å²) in [6, 6.07) is 7.58. The van der Waals surface area contributed by atoms with Crippen molar-refractivity contribution in [1.82, 2.24) is 9.97 Å². The molecule has 0 spiro atoms. The van der Waals surface area contributed by atoms with E-state index in [-0.39, 0.29) is 16.6 Å². The number of amides is 1. The Balaban J connectivity index is 2.23. The Morgan fingerprint density at radius 1 is 1.30 bits per heavy atom. The SMILES string of the molecule is CSc1cccc(NC(=O)c2nc(SC)ncc2Cl)c1. The molecule has 1 aromatic heterocycles. The van der Waals surface area contributed by atoms with Gasteiger partial charge in [-0.3, -0.25) is 4.79 Å². The summed E-state index contributed by atoms with van der Waals surface area (Å²) in [5, 5.41) is 3.54. The third kappa shape index (κ3) is 3.65. The Bertz CT molecular complexity index is 637. The second-order valence-electron chi connectivity index (χ2n) is 3.74. The number of benzene rings is 1. The summed E-state index contributed by atoms with van der Waals surface area (Å²) in [7, 11) is 0. The Kier molecular flexibility index (Phi) is 5.28. The molecule has 0 radical (unpaired) electrons. The molecule has 1 aromatic carbocycles. The first-order chi connectivity index (χ1) is 9.63. The van der Waals surface area contributed by atoms with Crippen LogP contribution < -0.4 is 5.32 Å². The molecule has 0 saturated carbocycles. The molecule has 20 heavy (non-hydrogen) atoms. The van der Waals surface area contributed by atoms with Gasteiger partial charge in [-0.1, -0.05) is 29.4 Å². The molecule has 0 aliphatic carbocycles. The lowest BCUT2D eigenvalue weighted by atomic mass is 10.3. The lowest BCUT2D eigenvalue weighted by Gasteiger charge is -2.07. The summed E-state index contributed by atoms with van der Waals surface area (Å²) in [6.07, 6.45) is 5.26. The van der Waals surface area contributed by atoms with Crippen molar-refractivity contribution < 1.29 is 4.79 Å². The fourth-order valence-electron chi connectivity index (χ4n) is 1.50. The van der Waals surface area contributed by atoms with Crippen LogP contribution in [0.3, 0.4) is 0 Å². The van der Waals surface area contributed by atoms with Gasteiger partial charge in [-0.05, 0) is 30.7 Å². The number of thioether (sulfide) groups is 2. The number of rotatable bonds is 4. The van der Waals surface area contributed by atoms with Crippen molar-refractivity contribution in [3.63, 3.8) is 0 Å². The number of halogens is 1. The summed E-state index contributed by atoms with van der Waals surface area (Å²) in [4.78, 5) is 21.4. The zero-order valence-electron chi connectivity index (χ0n) is 10.9. The maximum Gasteiger partial charge on any atom is 0.275 e. The Labute approximate surface area is 130 Å². The zero-order chi connectivity index (χ0) is 14.5. The lowest BCUT2D eigenvalue weighted by molar-refractivity contribution is 0.102. The summed E-state index contributed by atoms with van der Waals surface area (Å²) in [6.45, 7) is 0. The number of carbonyl (C=O) groups is 1. The lowest BCUT2D eigenvalue weighted by Crippen LogP contribution is -2.15. The molecule has 7 heteroatoms. The minimum atomic E-state index is -0.342. The summed E-state index contributed by atoms with van der Waals surface area (Å²) >= 11 is 8.94. The standard InChI is InChI=1S/C13H12ClN3OS2/c1-19-9-5-3-4-8(6-9)16-12(18)11-10(14)7-15-13(17-11)20-2/h3-7H,1-2H3,(H,16,18). The van der Waals surface area contributed by atoms with Crippen LogP contribution in [0.4, 0.5) is 5.69 Å². The fourth-order valence-corrected chi connectivity index (χ4v) is 2.48. The smallest absolute Gasteiger partial charge is 0.275 e. The van der Waals surface area contributed by atoms with Crippen molar-refractivity contribution >= 4 is 46.7 Å². The van der Waals surface area contributed by atoms with E-state index in [0.717, 1.165) is 4.90 Å². The number of anilines is 1. The van der Waals surface area contributed by atoms with Crippen molar-refractivity contribution in [2.24, 2.45) is 0 Å². The van der Waals surface area contributed by atoms with Crippen molar-refractivity contribution in [3.05, 3.63) is 41.2 Å². The van der Waals surface area contributed by atoms with Crippen LogP contribution in [0.2, 0.25) is 5.02 Å². The highest BCUT2D eigenvalue weighted by Gasteiger charge is 2.14. The highest BCUT2D eigenvalue weighted by atomic mass is 35.5. The maximum absolute atomic E-state index is 12.2. The highest BCUT2D eigenvalue weighted by Crippen LogP contribution is 2.21. The Morgan fingerprint density at radius 2 is 2.10 bits per heavy atom. The molecular formula is C13H12ClN3OS2. The van der Waals surface area contributed by atoms with Crippen LogP contribution in [0.15, 0.2) is 40.5 Å². The Hall–Kier alpha value is -1.24. The second-order valence-corrected chi connectivity index (χ2v) is 5.80. The van der Waals surface area contributed by atoms with Crippen LogP contribution in [-0.2, 0) is 0 Å². The molecule has 4 nitrogen and oxygen atoms in total. The number of carbonyl (C=O) groups excluding carboxylic acids is 1. The van der Waals surface area contributed by atoms with Gasteiger partial charge in [0.25, 0.3) is 5.91 Å². The molecule has 0 aliphatic rings. The van der Waals surface area contributed by atoms with Gasteiger partial charge in [-0.25, -0.2) is 9.97 Å². The van der Waals surface area contributed by atoms with Gasteiger partial charge in [0.2, 0.25) is 0 Å². The third-order valence-electron chi connectivity index (χ3n) is 2.45. The normalized spacial score (nSPS) is 10.3. The van der Waals surface area contributed by atoms with Crippen LogP contribution in [0.1, 0.15) is 10.5 Å². The minimum Gasteiger partial charge on any atom is -0.321 e. The highest BCUT2D eigenvalue weighted by molar-refractivity contribution is 7.98. The molecule has 0 unspecified atom stereocenters. The van der Waals surface area contributed by atoms with E-state index in [9.17, 15) is 4.79 Å². The first-order valence-corrected chi connectivity index (χ1v) is 8.48. The van der Waals surface area contributed by atoms with E-state index >= 15 is 0 Å². The summed E-state index contributed by atoms with van der Waals surface area (Å²) in [5.41, 5.74) is 0.891. The molecule has 2 aromatic rings. The molecule has 1 N–H and O–H groups in total. The number of nitrogens with zero attached hydrogens (tertiary/aromatic N) is 2. The molecule has 0 aliphatic heterocycles. The first kappa shape index (κ1) is 15.2. The molecule has 0 bridgehead atoms. The zero-order valence-corrected chi connectivity index (χ0v) is 13.3. The van der Waals surface area contributed by atoms with Gasteiger partial charge < -0.3 is 5.32 Å². The van der Waals surface area contributed by atoms with Crippen LogP contribution in [0.25, 0.3) is 0 Å². The summed E-state index contributed by atoms with van der Waals surface area (Å²) < 4.78 is 0. The van der Waals surface area contributed by atoms with Crippen molar-refractivity contribution in [3.8, 4) is 0 Å². The van der Waals surface area contributed by atoms with Gasteiger partial charge in [0, 0.05) is 10.6 Å². The van der Waals surface area contributed by atoms with E-state index < -0.39 is 0 Å². The quantitative estimate of drug-likeness (QED) is 0.684. The van der Waals surface area contributed by atoms with E-state index in [1.807, 2.05) is 36.8 Å². The van der Waals surface area contributed by atoms with Gasteiger partial charge >= 0.3 is 0 Å². The summed E-state index contributed by atoms with van der Waals surface area (Å²) in [5.74, 6) is -0.342. The topological polar surface area (TPSA) is 54.9 Å². The van der Waals surface area contributed by atoms with E-state index in [1.165, 1.54) is 18.0 Å². The van der Waals surface area contributed by atoms with E-state index in [0.29, 0.717) is 10.8 Å². The average molecular weight is 326 g/mol. The molecule has 1 heterocycles. The number of aromatic nitrogens is 2. The number of hydrogen-bond acceptors (Lipinski definition) is 5. The Morgan fingerprint density at radius 3 is 2.80 bits per heavy atom. The predicted molar refractivity (Wildman–Crippen MR) is 85.0 cm³/mol. The average Bonchev–Trinajstić information content (AvgIpc) is 2.47. The van der Waals surface area contributed by atoms with E-state index in [1.54, 1.807) is 11.8 Å². The first-order valence-electron chi connectivity index (χ1n) is 5.66. The van der Waals surface area contributed by atoms with Crippen LogP contribution >= 0.6 is 35.1 Å². The maximum atomic E-state index is 12.2. The minimum absolute atomic E-state index is 0.181. The van der Waals surface area contributed by atoms with Gasteiger partial charge in [-0.15, -0.1) is 11.8 Å². The number of nitrogens with one attached hydrogen (secondary N) is 1. The van der Waals surface area contributed by atoms with Crippen molar-refractivity contribution in [2.75, 3.05) is 17.8 Å². The van der Waals surface area contributed by atoms with Gasteiger partial charge in [0.1, 0.15) is 0 Å². The number of hydrogen-bond donors (Lipinski definition) is 1. The molecule has 0 atom stereocenters. The van der Waals surface area contributed by atoms with Crippen LogP contribution in [-0.4, -0.2) is 28.4 Å². The van der Waals surface area contributed by atoms with Gasteiger partial charge in [0.15, 0.2) is 10.9 Å². The van der Waals surface area contributed by atoms with Crippen LogP contribution in [0, 0.1) is 0 Å². The van der Waals surface area contributed by atoms with Gasteiger partial charge in [0.05, 0.1) is 11.2 Å². The molecule has 1 amide bonds. The van der Waals surface area contributed by atoms with E-state index in [4.69, 9.17) is 11.6 Å². The van der Waals surface area contributed by atoms with Gasteiger partial charge in [-0.2, -0.15) is 0 Å². The van der Waals surface area contributed by atoms with E-state index in [2.05, 4.69) is 15.3 Å². The molecule has 104 valence electrons.